The minimum absolute atomic E-state index is 0.220. The lowest BCUT2D eigenvalue weighted by atomic mass is 10.1. The predicted molar refractivity (Wildman–Crippen MR) is 103 cm³/mol. The van der Waals surface area contributed by atoms with Crippen molar-refractivity contribution in [3.63, 3.8) is 0 Å². The van der Waals surface area contributed by atoms with Crippen molar-refractivity contribution >= 4 is 12.1 Å². The molecular weight excluding hydrogens is 335 g/mol. The number of rotatable bonds is 7. The maximum Gasteiger partial charge on any atom is 0.407 e. The molecule has 0 saturated carbocycles. The van der Waals surface area contributed by atoms with Crippen LogP contribution in [-0.2, 0) is 11.2 Å². The highest BCUT2D eigenvalue weighted by Crippen LogP contribution is 2.10. The van der Waals surface area contributed by atoms with Crippen molar-refractivity contribution in [1.82, 2.24) is 16.0 Å². The van der Waals surface area contributed by atoms with Crippen molar-refractivity contribution in [2.24, 2.45) is 4.99 Å². The van der Waals surface area contributed by atoms with Crippen LogP contribution < -0.4 is 16.0 Å². The minimum Gasteiger partial charge on any atom is -0.444 e. The molecule has 1 aromatic rings. The van der Waals surface area contributed by atoms with Gasteiger partial charge in [0.05, 0.1) is 0 Å². The Balaban J connectivity index is 2.40. The molecule has 6 nitrogen and oxygen atoms in total. The van der Waals surface area contributed by atoms with Crippen molar-refractivity contribution in [2.75, 3.05) is 26.2 Å². The van der Waals surface area contributed by atoms with E-state index in [1.165, 1.54) is 12.1 Å². The van der Waals surface area contributed by atoms with Gasteiger partial charge >= 0.3 is 6.09 Å². The number of halogens is 1. The highest BCUT2D eigenvalue weighted by Gasteiger charge is 2.15. The zero-order valence-corrected chi connectivity index (χ0v) is 16.4. The topological polar surface area (TPSA) is 74.8 Å². The third-order valence-electron chi connectivity index (χ3n) is 3.39. The fourth-order valence-electron chi connectivity index (χ4n) is 2.23. The van der Waals surface area contributed by atoms with E-state index in [0.717, 1.165) is 24.1 Å². The third kappa shape index (κ3) is 9.25. The van der Waals surface area contributed by atoms with Crippen LogP contribution in [0.15, 0.2) is 23.2 Å². The van der Waals surface area contributed by atoms with E-state index in [2.05, 4.69) is 20.9 Å². The molecule has 3 N–H and O–H groups in total. The number of guanidine groups is 1. The van der Waals surface area contributed by atoms with Gasteiger partial charge in [-0.25, -0.2) is 9.18 Å². The molecule has 0 aliphatic heterocycles. The van der Waals surface area contributed by atoms with E-state index < -0.39 is 11.7 Å². The van der Waals surface area contributed by atoms with Crippen LogP contribution in [0, 0.1) is 12.7 Å². The van der Waals surface area contributed by atoms with Crippen molar-refractivity contribution < 1.29 is 13.9 Å². The van der Waals surface area contributed by atoms with Crippen LogP contribution in [-0.4, -0.2) is 43.8 Å². The van der Waals surface area contributed by atoms with Gasteiger partial charge in [0.25, 0.3) is 0 Å². The second-order valence-electron chi connectivity index (χ2n) is 6.94. The maximum absolute atomic E-state index is 13.1. The average molecular weight is 366 g/mol. The summed E-state index contributed by atoms with van der Waals surface area (Å²) in [6.07, 6.45) is 0.298. The van der Waals surface area contributed by atoms with E-state index in [-0.39, 0.29) is 5.82 Å². The van der Waals surface area contributed by atoms with Gasteiger partial charge in [0, 0.05) is 26.2 Å². The molecule has 7 heteroatoms. The third-order valence-corrected chi connectivity index (χ3v) is 3.39. The van der Waals surface area contributed by atoms with E-state index in [1.54, 1.807) is 6.07 Å². The molecule has 0 radical (unpaired) electrons. The van der Waals surface area contributed by atoms with Gasteiger partial charge < -0.3 is 20.7 Å². The largest absolute Gasteiger partial charge is 0.444 e. The quantitative estimate of drug-likeness (QED) is 0.394. The Morgan fingerprint density at radius 2 is 1.88 bits per heavy atom. The number of carbonyl (C=O) groups is 1. The summed E-state index contributed by atoms with van der Waals surface area (Å²) in [5.41, 5.74) is 1.50. The fourth-order valence-corrected chi connectivity index (χ4v) is 2.23. The van der Waals surface area contributed by atoms with E-state index in [9.17, 15) is 9.18 Å². The number of nitrogens with one attached hydrogen (secondary N) is 3. The molecule has 1 amide bonds. The van der Waals surface area contributed by atoms with Crippen LogP contribution in [0.4, 0.5) is 9.18 Å². The SMILES string of the molecule is CCNC(=NCCc1ccc(F)cc1C)NCCNC(=O)OC(C)(C)C. The smallest absolute Gasteiger partial charge is 0.407 e. The monoisotopic (exact) mass is 366 g/mol. The number of amides is 1. The lowest BCUT2D eigenvalue weighted by Gasteiger charge is -2.19. The number of hydrogen-bond acceptors (Lipinski definition) is 3. The van der Waals surface area contributed by atoms with Gasteiger partial charge in [-0.2, -0.15) is 0 Å². The van der Waals surface area contributed by atoms with E-state index in [1.807, 2.05) is 34.6 Å². The number of aliphatic imine (C=N–C) groups is 1. The van der Waals surface area contributed by atoms with Gasteiger partial charge in [-0.3, -0.25) is 4.99 Å². The lowest BCUT2D eigenvalue weighted by molar-refractivity contribution is 0.0529. The summed E-state index contributed by atoms with van der Waals surface area (Å²) in [7, 11) is 0. The fraction of sp³-hybridized carbons (Fsp3) is 0.579. The molecule has 0 atom stereocenters. The van der Waals surface area contributed by atoms with Crippen LogP contribution >= 0.6 is 0 Å². The van der Waals surface area contributed by atoms with E-state index >= 15 is 0 Å². The second-order valence-corrected chi connectivity index (χ2v) is 6.94. The van der Waals surface area contributed by atoms with Gasteiger partial charge in [-0.05, 0) is 64.3 Å². The number of hydrogen-bond donors (Lipinski definition) is 3. The van der Waals surface area contributed by atoms with Gasteiger partial charge in [-0.1, -0.05) is 6.07 Å². The summed E-state index contributed by atoms with van der Waals surface area (Å²) in [5, 5.41) is 9.00. The summed E-state index contributed by atoms with van der Waals surface area (Å²) in [6.45, 7) is 11.6. The summed E-state index contributed by atoms with van der Waals surface area (Å²) in [5.74, 6) is 0.459. The standard InChI is InChI=1S/C19H31FN4O2/c1-6-21-17(23-11-12-24-18(25)26-19(3,4)5)22-10-9-15-7-8-16(20)13-14(15)2/h7-8,13H,6,9-12H2,1-5H3,(H,24,25)(H2,21,22,23). The van der Waals surface area contributed by atoms with Crippen LogP contribution in [0.1, 0.15) is 38.8 Å². The molecule has 0 bridgehead atoms. The second kappa shape index (κ2) is 10.6. The number of aryl methyl sites for hydroxylation is 1. The summed E-state index contributed by atoms with van der Waals surface area (Å²) < 4.78 is 18.3. The number of carbonyl (C=O) groups excluding carboxylic acids is 1. The molecule has 0 heterocycles. The average Bonchev–Trinajstić information content (AvgIpc) is 2.51. The van der Waals surface area contributed by atoms with Crippen LogP contribution in [0.2, 0.25) is 0 Å². The van der Waals surface area contributed by atoms with Gasteiger partial charge in [0.1, 0.15) is 11.4 Å². The van der Waals surface area contributed by atoms with Crippen LogP contribution in [0.5, 0.6) is 0 Å². The van der Waals surface area contributed by atoms with Crippen molar-refractivity contribution in [3.05, 3.63) is 35.1 Å². The van der Waals surface area contributed by atoms with E-state index in [0.29, 0.717) is 25.6 Å². The molecule has 146 valence electrons. The van der Waals surface area contributed by atoms with Crippen molar-refractivity contribution in [3.8, 4) is 0 Å². The van der Waals surface area contributed by atoms with Crippen LogP contribution in [0.25, 0.3) is 0 Å². The Hall–Kier alpha value is -2.31. The zero-order chi connectivity index (χ0) is 19.6. The number of alkyl carbamates (subject to hydrolysis) is 1. The Bertz CT molecular complexity index is 612. The number of ether oxygens (including phenoxy) is 1. The van der Waals surface area contributed by atoms with Gasteiger partial charge in [0.15, 0.2) is 5.96 Å². The predicted octanol–water partition coefficient (Wildman–Crippen LogP) is 2.76. The van der Waals surface area contributed by atoms with Gasteiger partial charge in [0.2, 0.25) is 0 Å². The first-order chi connectivity index (χ1) is 12.2. The molecule has 0 aliphatic rings. The Morgan fingerprint density at radius 3 is 2.50 bits per heavy atom. The van der Waals surface area contributed by atoms with Crippen molar-refractivity contribution in [1.29, 1.82) is 0 Å². The highest BCUT2D eigenvalue weighted by molar-refractivity contribution is 5.79. The Kier molecular flexibility index (Phi) is 8.88. The molecule has 0 unspecified atom stereocenters. The lowest BCUT2D eigenvalue weighted by Crippen LogP contribution is -2.42. The summed E-state index contributed by atoms with van der Waals surface area (Å²) in [6, 6.07) is 4.80. The Morgan fingerprint density at radius 1 is 1.19 bits per heavy atom. The molecule has 0 fully saturated rings. The highest BCUT2D eigenvalue weighted by atomic mass is 19.1. The first-order valence-corrected chi connectivity index (χ1v) is 8.95. The summed E-state index contributed by atoms with van der Waals surface area (Å²) >= 11 is 0. The molecule has 0 spiro atoms. The molecular formula is C19H31FN4O2. The molecule has 26 heavy (non-hydrogen) atoms. The molecule has 0 saturated heterocycles. The van der Waals surface area contributed by atoms with Crippen molar-refractivity contribution in [2.45, 2.75) is 46.6 Å². The normalized spacial score (nSPS) is 11.8. The maximum atomic E-state index is 13.1. The molecule has 1 rings (SSSR count). The minimum atomic E-state index is -0.508. The molecule has 0 aliphatic carbocycles. The van der Waals surface area contributed by atoms with Crippen LogP contribution in [0.3, 0.4) is 0 Å². The van der Waals surface area contributed by atoms with E-state index in [4.69, 9.17) is 4.74 Å². The first kappa shape index (κ1) is 21.7. The first-order valence-electron chi connectivity index (χ1n) is 8.95. The molecule has 0 aromatic heterocycles. The summed E-state index contributed by atoms with van der Waals surface area (Å²) in [4.78, 5) is 16.1. The number of nitrogens with zero attached hydrogens (tertiary/aromatic N) is 1. The van der Waals surface area contributed by atoms with Gasteiger partial charge in [-0.15, -0.1) is 0 Å². The number of benzene rings is 1. The molecule has 1 aromatic carbocycles. The Labute approximate surface area is 155 Å². The zero-order valence-electron chi connectivity index (χ0n) is 16.4.